The van der Waals surface area contributed by atoms with E-state index in [0.29, 0.717) is 18.1 Å². The zero-order valence-corrected chi connectivity index (χ0v) is 17.5. The summed E-state index contributed by atoms with van der Waals surface area (Å²) >= 11 is 0. The van der Waals surface area contributed by atoms with Crippen LogP contribution in [-0.4, -0.2) is 40.4 Å². The Morgan fingerprint density at radius 1 is 1.12 bits per heavy atom. The van der Waals surface area contributed by atoms with Crippen molar-refractivity contribution in [3.8, 4) is 23.5 Å². The molecule has 0 saturated heterocycles. The molecular formula is C23H23N5O4. The molecule has 9 nitrogen and oxygen atoms in total. The highest BCUT2D eigenvalue weighted by Gasteiger charge is 2.12. The van der Waals surface area contributed by atoms with E-state index in [4.69, 9.17) is 11.2 Å². The van der Waals surface area contributed by atoms with Gasteiger partial charge in [-0.2, -0.15) is 0 Å². The summed E-state index contributed by atoms with van der Waals surface area (Å²) < 4.78 is 4.84. The summed E-state index contributed by atoms with van der Waals surface area (Å²) in [4.78, 5) is 32.3. The number of benzene rings is 1. The molecule has 3 rings (SSSR count). The van der Waals surface area contributed by atoms with Crippen molar-refractivity contribution in [2.24, 2.45) is 0 Å². The molecular weight excluding hydrogens is 410 g/mol. The van der Waals surface area contributed by atoms with Gasteiger partial charge in [0, 0.05) is 36.4 Å². The summed E-state index contributed by atoms with van der Waals surface area (Å²) in [5.41, 5.74) is 3.05. The largest absolute Gasteiger partial charge is 0.436 e. The molecule has 0 bridgehead atoms. The Morgan fingerprint density at radius 2 is 1.97 bits per heavy atom. The third kappa shape index (κ3) is 5.50. The Labute approximate surface area is 185 Å². The second-order valence-electron chi connectivity index (χ2n) is 6.70. The third-order valence-corrected chi connectivity index (χ3v) is 4.58. The van der Waals surface area contributed by atoms with Crippen LogP contribution in [0.1, 0.15) is 18.2 Å². The number of anilines is 1. The Bertz CT molecular complexity index is 1160. The van der Waals surface area contributed by atoms with E-state index in [2.05, 4.69) is 31.8 Å². The smallest absolute Gasteiger partial charge is 0.408 e. The standard InChI is InChI=1S/C23H23N5O4/c1-3-9-32-23(31)27-12-16-6-8-18(15-5-7-17(14-29)25-11-15)19-10-21(26-13-20(16)19)28-22(30)24-4-2/h1,5-8,10-11,13,29H,4,9,12,14H2,2H3,(H,27,31)(H2,24,26,28,30). The second-order valence-corrected chi connectivity index (χ2v) is 6.70. The molecule has 0 atom stereocenters. The number of pyridine rings is 2. The Hall–Kier alpha value is -4.16. The van der Waals surface area contributed by atoms with Crippen molar-refractivity contribution < 1.29 is 19.4 Å². The van der Waals surface area contributed by atoms with E-state index >= 15 is 0 Å². The van der Waals surface area contributed by atoms with Gasteiger partial charge in [0.05, 0.1) is 12.3 Å². The highest BCUT2D eigenvalue weighted by molar-refractivity contribution is 6.00. The lowest BCUT2D eigenvalue weighted by molar-refractivity contribution is 0.159. The van der Waals surface area contributed by atoms with E-state index in [1.54, 1.807) is 24.5 Å². The number of nitrogens with zero attached hydrogens (tertiary/aromatic N) is 2. The number of urea groups is 1. The highest BCUT2D eigenvalue weighted by atomic mass is 16.5. The number of carbonyl (C=O) groups excluding carboxylic acids is 2. The Kier molecular flexibility index (Phi) is 7.56. The summed E-state index contributed by atoms with van der Waals surface area (Å²) in [7, 11) is 0. The Balaban J connectivity index is 2.00. The van der Waals surface area contributed by atoms with Crippen molar-refractivity contribution in [1.29, 1.82) is 0 Å². The maximum Gasteiger partial charge on any atom is 0.408 e. The number of carbonyl (C=O) groups is 2. The molecule has 0 spiro atoms. The monoisotopic (exact) mass is 433 g/mol. The van der Waals surface area contributed by atoms with Gasteiger partial charge < -0.3 is 20.5 Å². The summed E-state index contributed by atoms with van der Waals surface area (Å²) in [6, 6.07) is 8.78. The summed E-state index contributed by atoms with van der Waals surface area (Å²) in [6.45, 7) is 2.25. The van der Waals surface area contributed by atoms with Crippen LogP contribution in [0.2, 0.25) is 0 Å². The molecule has 0 saturated carbocycles. The molecule has 0 aliphatic heterocycles. The maximum absolute atomic E-state index is 11.9. The molecule has 1 aromatic carbocycles. The lowest BCUT2D eigenvalue weighted by Gasteiger charge is -2.14. The zero-order chi connectivity index (χ0) is 22.9. The van der Waals surface area contributed by atoms with E-state index in [-0.39, 0.29) is 25.8 Å². The molecule has 164 valence electrons. The van der Waals surface area contributed by atoms with Gasteiger partial charge in [-0.05, 0) is 35.6 Å². The van der Waals surface area contributed by atoms with Gasteiger partial charge >= 0.3 is 12.1 Å². The lowest BCUT2D eigenvalue weighted by atomic mass is 9.96. The number of nitrogens with one attached hydrogen (secondary N) is 3. The van der Waals surface area contributed by atoms with Crippen LogP contribution in [0.3, 0.4) is 0 Å². The van der Waals surface area contributed by atoms with Gasteiger partial charge in [0.2, 0.25) is 0 Å². The van der Waals surface area contributed by atoms with Gasteiger partial charge in [-0.1, -0.05) is 24.1 Å². The number of fused-ring (bicyclic) bond motifs is 1. The minimum Gasteiger partial charge on any atom is -0.436 e. The van der Waals surface area contributed by atoms with Crippen molar-refractivity contribution in [3.05, 3.63) is 54.0 Å². The number of ether oxygens (including phenoxy) is 1. The number of hydrogen-bond donors (Lipinski definition) is 4. The Morgan fingerprint density at radius 3 is 2.66 bits per heavy atom. The fourth-order valence-electron chi connectivity index (χ4n) is 3.10. The fraction of sp³-hybridized carbons (Fsp3) is 0.217. The van der Waals surface area contributed by atoms with Gasteiger partial charge in [0.25, 0.3) is 0 Å². The maximum atomic E-state index is 11.9. The normalized spacial score (nSPS) is 10.3. The number of aliphatic hydroxyl groups excluding tert-OH is 1. The first-order valence-electron chi connectivity index (χ1n) is 9.92. The first-order chi connectivity index (χ1) is 15.5. The van der Waals surface area contributed by atoms with E-state index < -0.39 is 6.09 Å². The average molecular weight is 433 g/mol. The molecule has 0 aliphatic carbocycles. The van der Waals surface area contributed by atoms with Gasteiger partial charge in [-0.25, -0.2) is 14.6 Å². The molecule has 0 unspecified atom stereocenters. The zero-order valence-electron chi connectivity index (χ0n) is 17.5. The van der Waals surface area contributed by atoms with Crippen molar-refractivity contribution in [3.63, 3.8) is 0 Å². The molecule has 4 N–H and O–H groups in total. The SMILES string of the molecule is C#CCOC(=O)NCc1ccc(-c2ccc(CO)nc2)c2cc(NC(=O)NCC)ncc12. The molecule has 3 aromatic rings. The molecule has 9 heteroatoms. The third-order valence-electron chi connectivity index (χ3n) is 4.58. The molecule has 0 radical (unpaired) electrons. The second kappa shape index (κ2) is 10.7. The minimum absolute atomic E-state index is 0.112. The van der Waals surface area contributed by atoms with Crippen LogP contribution in [0, 0.1) is 12.3 Å². The van der Waals surface area contributed by atoms with Gasteiger partial charge in [0.15, 0.2) is 6.61 Å². The van der Waals surface area contributed by atoms with Crippen LogP contribution >= 0.6 is 0 Å². The van der Waals surface area contributed by atoms with Crippen molar-refractivity contribution >= 4 is 28.7 Å². The van der Waals surface area contributed by atoms with Crippen LogP contribution in [0.5, 0.6) is 0 Å². The topological polar surface area (TPSA) is 125 Å². The molecule has 0 aliphatic rings. The van der Waals surface area contributed by atoms with Crippen LogP contribution in [-0.2, 0) is 17.9 Å². The number of aromatic nitrogens is 2. The number of rotatable bonds is 7. The summed E-state index contributed by atoms with van der Waals surface area (Å²) in [5, 5.41) is 18.9. The fourth-order valence-corrected chi connectivity index (χ4v) is 3.10. The number of aliphatic hydroxyl groups is 1. The molecule has 0 fully saturated rings. The highest BCUT2D eigenvalue weighted by Crippen LogP contribution is 2.32. The van der Waals surface area contributed by atoms with E-state index in [1.165, 1.54) is 0 Å². The van der Waals surface area contributed by atoms with Crippen molar-refractivity contribution in [2.75, 3.05) is 18.5 Å². The van der Waals surface area contributed by atoms with Crippen molar-refractivity contribution in [2.45, 2.75) is 20.1 Å². The van der Waals surface area contributed by atoms with Crippen LogP contribution in [0.25, 0.3) is 21.9 Å². The van der Waals surface area contributed by atoms with Crippen LogP contribution < -0.4 is 16.0 Å². The summed E-state index contributed by atoms with van der Waals surface area (Å²) in [6.07, 6.45) is 7.79. The van der Waals surface area contributed by atoms with Crippen LogP contribution in [0.15, 0.2) is 42.7 Å². The molecule has 2 aromatic heterocycles. The number of amides is 3. The number of terminal acetylenes is 1. The number of hydrogen-bond acceptors (Lipinski definition) is 6. The minimum atomic E-state index is -0.619. The predicted molar refractivity (Wildman–Crippen MR) is 121 cm³/mol. The average Bonchev–Trinajstić information content (AvgIpc) is 2.81. The van der Waals surface area contributed by atoms with Gasteiger partial charge in [-0.3, -0.25) is 10.3 Å². The van der Waals surface area contributed by atoms with E-state index in [1.807, 2.05) is 25.1 Å². The van der Waals surface area contributed by atoms with E-state index in [0.717, 1.165) is 27.5 Å². The van der Waals surface area contributed by atoms with Crippen LogP contribution in [0.4, 0.5) is 15.4 Å². The molecule has 3 amide bonds. The number of alkyl carbamates (subject to hydrolysis) is 1. The first kappa shape index (κ1) is 22.5. The quantitative estimate of drug-likeness (QED) is 0.425. The molecule has 2 heterocycles. The van der Waals surface area contributed by atoms with E-state index in [9.17, 15) is 14.7 Å². The predicted octanol–water partition coefficient (Wildman–Crippen LogP) is 2.79. The van der Waals surface area contributed by atoms with Gasteiger partial charge in [-0.15, -0.1) is 6.42 Å². The molecule has 32 heavy (non-hydrogen) atoms. The lowest BCUT2D eigenvalue weighted by Crippen LogP contribution is -2.28. The summed E-state index contributed by atoms with van der Waals surface area (Å²) in [5.74, 6) is 2.61. The first-order valence-corrected chi connectivity index (χ1v) is 9.92. The van der Waals surface area contributed by atoms with Crippen molar-refractivity contribution in [1.82, 2.24) is 20.6 Å². The van der Waals surface area contributed by atoms with Gasteiger partial charge in [0.1, 0.15) is 5.82 Å².